The van der Waals surface area contributed by atoms with Crippen molar-refractivity contribution in [2.75, 3.05) is 31.8 Å². The molecule has 0 aliphatic carbocycles. The molecule has 1 amide bonds. The molecule has 1 N–H and O–H groups in total. The predicted octanol–water partition coefficient (Wildman–Crippen LogP) is 0.708. The Morgan fingerprint density at radius 2 is 2.12 bits per heavy atom. The summed E-state index contributed by atoms with van der Waals surface area (Å²) in [4.78, 5) is 14.0. The number of piperidine rings is 1. The molecule has 2 heterocycles. The average molecular weight is 267 g/mol. The van der Waals surface area contributed by atoms with E-state index < -0.39 is 0 Å². The van der Waals surface area contributed by atoms with Crippen LogP contribution in [-0.2, 0) is 9.53 Å². The highest BCUT2D eigenvalue weighted by atomic mass is 35.5. The molecule has 0 bridgehead atoms. The quantitative estimate of drug-likeness (QED) is 0.799. The van der Waals surface area contributed by atoms with Crippen LogP contribution in [0.4, 0.5) is 0 Å². The fraction of sp³-hybridized carbons (Fsp3) is 0.900. The highest BCUT2D eigenvalue weighted by Crippen LogP contribution is 2.17. The maximum atomic E-state index is 12.0. The number of hydrogen-bond acceptors (Lipinski definition) is 4. The first kappa shape index (κ1) is 14.1. The molecule has 0 aromatic carbocycles. The summed E-state index contributed by atoms with van der Waals surface area (Å²) in [5.41, 5.74) is 0. The lowest BCUT2D eigenvalue weighted by atomic mass is 10.1. The standard InChI is InChI=1S/C10H18N2O2S.ClH/c1-14-8-2-4-12(5-3-8)10(13)9-6-15-7-11-9;/h8-9,11H,2-7H2,1H3;1H/t9-;/m1./s1. The van der Waals surface area contributed by atoms with Gasteiger partial charge in [0.05, 0.1) is 12.1 Å². The summed E-state index contributed by atoms with van der Waals surface area (Å²) in [5, 5.41) is 3.22. The maximum absolute atomic E-state index is 12.0. The summed E-state index contributed by atoms with van der Waals surface area (Å²) < 4.78 is 5.29. The van der Waals surface area contributed by atoms with E-state index in [4.69, 9.17) is 4.74 Å². The number of methoxy groups -OCH3 is 1. The molecular weight excluding hydrogens is 248 g/mol. The van der Waals surface area contributed by atoms with Gasteiger partial charge in [-0.3, -0.25) is 10.1 Å². The van der Waals surface area contributed by atoms with E-state index in [9.17, 15) is 4.79 Å². The van der Waals surface area contributed by atoms with Crippen molar-refractivity contribution in [3.8, 4) is 0 Å². The van der Waals surface area contributed by atoms with Crippen molar-refractivity contribution in [1.29, 1.82) is 0 Å². The molecule has 2 aliphatic heterocycles. The summed E-state index contributed by atoms with van der Waals surface area (Å²) in [6.45, 7) is 1.69. The first-order valence-corrected chi connectivity index (χ1v) is 6.59. The van der Waals surface area contributed by atoms with E-state index in [1.807, 2.05) is 4.90 Å². The monoisotopic (exact) mass is 266 g/mol. The zero-order chi connectivity index (χ0) is 10.7. The highest BCUT2D eigenvalue weighted by molar-refractivity contribution is 7.99. The summed E-state index contributed by atoms with van der Waals surface area (Å²) in [6, 6.07) is 0.0501. The molecule has 2 fully saturated rings. The number of amides is 1. The number of hydrogen-bond donors (Lipinski definition) is 1. The normalized spacial score (nSPS) is 26.6. The minimum absolute atomic E-state index is 0. The fourth-order valence-electron chi connectivity index (χ4n) is 2.09. The Labute approximate surface area is 107 Å². The third-order valence-electron chi connectivity index (χ3n) is 3.10. The van der Waals surface area contributed by atoms with Crippen LogP contribution in [0, 0.1) is 0 Å². The first-order valence-electron chi connectivity index (χ1n) is 5.44. The lowest BCUT2D eigenvalue weighted by molar-refractivity contribution is -0.134. The van der Waals surface area contributed by atoms with E-state index in [0.717, 1.165) is 37.6 Å². The van der Waals surface area contributed by atoms with Crippen LogP contribution in [0.15, 0.2) is 0 Å². The Bertz CT molecular complexity index is 229. The van der Waals surface area contributed by atoms with Crippen molar-refractivity contribution in [3.63, 3.8) is 0 Å². The largest absolute Gasteiger partial charge is 0.381 e. The number of carbonyl (C=O) groups excluding carboxylic acids is 1. The number of carbonyl (C=O) groups is 1. The molecule has 2 saturated heterocycles. The van der Waals surface area contributed by atoms with Crippen LogP contribution in [0.5, 0.6) is 0 Å². The highest BCUT2D eigenvalue weighted by Gasteiger charge is 2.29. The van der Waals surface area contributed by atoms with Gasteiger partial charge in [-0.2, -0.15) is 0 Å². The summed E-state index contributed by atoms with van der Waals surface area (Å²) >= 11 is 1.80. The summed E-state index contributed by atoms with van der Waals surface area (Å²) in [5.74, 6) is 2.10. The SMILES string of the molecule is COC1CCN(C(=O)[C@H]2CSCN2)CC1.Cl. The number of likely N-dealkylation sites (tertiary alicyclic amines) is 1. The smallest absolute Gasteiger partial charge is 0.240 e. The van der Waals surface area contributed by atoms with Crippen molar-refractivity contribution >= 4 is 30.1 Å². The fourth-order valence-corrected chi connectivity index (χ4v) is 3.02. The summed E-state index contributed by atoms with van der Waals surface area (Å²) in [6.07, 6.45) is 2.30. The van der Waals surface area contributed by atoms with Gasteiger partial charge in [0.2, 0.25) is 5.91 Å². The minimum Gasteiger partial charge on any atom is -0.381 e. The van der Waals surface area contributed by atoms with Gasteiger partial charge in [0.15, 0.2) is 0 Å². The molecule has 6 heteroatoms. The van der Waals surface area contributed by atoms with Gasteiger partial charge >= 0.3 is 0 Å². The molecule has 4 nitrogen and oxygen atoms in total. The molecule has 0 aromatic rings. The molecule has 94 valence electrons. The average Bonchev–Trinajstić information content (AvgIpc) is 2.82. The van der Waals surface area contributed by atoms with Crippen LogP contribution in [0.1, 0.15) is 12.8 Å². The number of nitrogens with one attached hydrogen (secondary N) is 1. The molecule has 0 radical (unpaired) electrons. The molecule has 2 rings (SSSR count). The Morgan fingerprint density at radius 1 is 1.44 bits per heavy atom. The third-order valence-corrected chi connectivity index (χ3v) is 4.04. The van der Waals surface area contributed by atoms with Gasteiger partial charge in [-0.05, 0) is 12.8 Å². The van der Waals surface area contributed by atoms with E-state index in [1.54, 1.807) is 18.9 Å². The number of thioether (sulfide) groups is 1. The first-order chi connectivity index (χ1) is 7.31. The third kappa shape index (κ3) is 3.26. The molecule has 0 unspecified atom stereocenters. The van der Waals surface area contributed by atoms with Gasteiger partial charge in [-0.15, -0.1) is 24.2 Å². The number of ether oxygens (including phenoxy) is 1. The van der Waals surface area contributed by atoms with Gasteiger partial charge in [0.1, 0.15) is 0 Å². The van der Waals surface area contributed by atoms with E-state index in [-0.39, 0.29) is 24.4 Å². The van der Waals surface area contributed by atoms with Crippen LogP contribution in [-0.4, -0.2) is 54.8 Å². The molecule has 16 heavy (non-hydrogen) atoms. The second-order valence-corrected chi connectivity index (χ2v) is 5.06. The van der Waals surface area contributed by atoms with Crippen molar-refractivity contribution < 1.29 is 9.53 Å². The Morgan fingerprint density at radius 3 is 2.62 bits per heavy atom. The molecular formula is C10H19ClN2O2S. The van der Waals surface area contributed by atoms with Crippen molar-refractivity contribution in [1.82, 2.24) is 10.2 Å². The number of rotatable bonds is 2. The van der Waals surface area contributed by atoms with Crippen LogP contribution in [0.25, 0.3) is 0 Å². The molecule has 0 aromatic heterocycles. The van der Waals surface area contributed by atoms with Crippen molar-refractivity contribution in [2.45, 2.75) is 25.0 Å². The van der Waals surface area contributed by atoms with E-state index in [2.05, 4.69) is 5.32 Å². The molecule has 0 spiro atoms. The van der Waals surface area contributed by atoms with E-state index >= 15 is 0 Å². The Hall–Kier alpha value is 0.0300. The topological polar surface area (TPSA) is 41.6 Å². The molecule has 2 aliphatic rings. The van der Waals surface area contributed by atoms with Gasteiger partial charge in [0, 0.05) is 31.8 Å². The zero-order valence-electron chi connectivity index (χ0n) is 9.48. The van der Waals surface area contributed by atoms with Gasteiger partial charge in [-0.1, -0.05) is 0 Å². The zero-order valence-corrected chi connectivity index (χ0v) is 11.1. The lowest BCUT2D eigenvalue weighted by Crippen LogP contribution is -2.48. The minimum atomic E-state index is 0. The second kappa shape index (κ2) is 6.69. The van der Waals surface area contributed by atoms with Gasteiger partial charge < -0.3 is 9.64 Å². The van der Waals surface area contributed by atoms with E-state index in [1.165, 1.54) is 0 Å². The van der Waals surface area contributed by atoms with Crippen LogP contribution < -0.4 is 5.32 Å². The Balaban J connectivity index is 0.00000128. The van der Waals surface area contributed by atoms with Crippen molar-refractivity contribution in [3.05, 3.63) is 0 Å². The van der Waals surface area contributed by atoms with Crippen LogP contribution in [0.2, 0.25) is 0 Å². The lowest BCUT2D eigenvalue weighted by Gasteiger charge is -2.32. The number of halogens is 1. The second-order valence-electron chi connectivity index (χ2n) is 4.03. The Kier molecular flexibility index (Phi) is 5.89. The maximum Gasteiger partial charge on any atom is 0.240 e. The van der Waals surface area contributed by atoms with Crippen molar-refractivity contribution in [2.24, 2.45) is 0 Å². The van der Waals surface area contributed by atoms with E-state index in [0.29, 0.717) is 6.10 Å². The van der Waals surface area contributed by atoms with Gasteiger partial charge in [0.25, 0.3) is 0 Å². The van der Waals surface area contributed by atoms with Crippen LogP contribution >= 0.6 is 24.2 Å². The van der Waals surface area contributed by atoms with Crippen LogP contribution in [0.3, 0.4) is 0 Å². The summed E-state index contributed by atoms with van der Waals surface area (Å²) in [7, 11) is 1.75. The number of nitrogens with zero attached hydrogens (tertiary/aromatic N) is 1. The molecule has 0 saturated carbocycles. The molecule has 1 atom stereocenters. The predicted molar refractivity (Wildman–Crippen MR) is 68.1 cm³/mol. The van der Waals surface area contributed by atoms with Gasteiger partial charge in [-0.25, -0.2) is 0 Å².